The van der Waals surface area contributed by atoms with Crippen LogP contribution in [0.1, 0.15) is 31.2 Å². The van der Waals surface area contributed by atoms with Gasteiger partial charge in [0.15, 0.2) is 6.10 Å². The fourth-order valence-electron chi connectivity index (χ4n) is 4.17. The molecule has 164 valence electrons. The first kappa shape index (κ1) is 21.5. The molecular formula is C24H29N3O4. The molecule has 2 aromatic carbocycles. The topological polar surface area (TPSA) is 111 Å². The highest BCUT2D eigenvalue weighted by molar-refractivity contribution is 5.82. The van der Waals surface area contributed by atoms with Crippen LogP contribution in [-0.2, 0) is 16.0 Å². The van der Waals surface area contributed by atoms with Crippen LogP contribution in [0.2, 0.25) is 0 Å². The normalized spacial score (nSPS) is 22.6. The quantitative estimate of drug-likeness (QED) is 0.421. The third-order valence-corrected chi connectivity index (χ3v) is 6.12. The minimum absolute atomic E-state index is 0.0479. The molecular weight excluding hydrogens is 394 g/mol. The van der Waals surface area contributed by atoms with E-state index >= 15 is 0 Å². The van der Waals surface area contributed by atoms with Crippen molar-refractivity contribution in [3.8, 4) is 11.1 Å². The van der Waals surface area contributed by atoms with E-state index in [1.807, 2.05) is 54.6 Å². The molecule has 0 spiro atoms. The van der Waals surface area contributed by atoms with Crippen molar-refractivity contribution in [2.24, 2.45) is 5.92 Å². The fraction of sp³-hybridized carbons (Fsp3) is 0.417. The van der Waals surface area contributed by atoms with Crippen molar-refractivity contribution < 1.29 is 19.8 Å². The van der Waals surface area contributed by atoms with E-state index in [-0.39, 0.29) is 18.4 Å². The zero-order valence-corrected chi connectivity index (χ0v) is 17.3. The van der Waals surface area contributed by atoms with Gasteiger partial charge in [0.05, 0.1) is 0 Å². The lowest BCUT2D eigenvalue weighted by atomic mass is 9.97. The molecule has 31 heavy (non-hydrogen) atoms. The molecule has 1 heterocycles. The molecule has 4 rings (SSSR count). The minimum atomic E-state index is -1.53. The van der Waals surface area contributed by atoms with Crippen LogP contribution in [0, 0.1) is 5.92 Å². The van der Waals surface area contributed by atoms with E-state index in [2.05, 4.69) is 16.2 Å². The number of aliphatic hydroxyl groups is 1. The third-order valence-electron chi connectivity index (χ3n) is 6.12. The number of benzene rings is 2. The molecule has 7 heteroatoms. The average Bonchev–Trinajstić information content (AvgIpc) is 3.51. The van der Waals surface area contributed by atoms with Gasteiger partial charge in [-0.3, -0.25) is 10.2 Å². The summed E-state index contributed by atoms with van der Waals surface area (Å²) in [6.07, 6.45) is 1.98. The molecule has 2 aromatic rings. The second-order valence-electron chi connectivity index (χ2n) is 8.58. The predicted molar refractivity (Wildman–Crippen MR) is 117 cm³/mol. The van der Waals surface area contributed by atoms with Gasteiger partial charge >= 0.3 is 5.97 Å². The summed E-state index contributed by atoms with van der Waals surface area (Å²) in [7, 11) is 0. The number of hydrazine groups is 1. The van der Waals surface area contributed by atoms with Crippen LogP contribution < -0.4 is 16.2 Å². The SMILES string of the molecule is O=C(NC(Cc1ccc(-c2ccccc2)cc1)C[C@@H](O)C(=O)O)C1CC(C2CC2)NN1. The molecule has 4 atom stereocenters. The van der Waals surface area contributed by atoms with Gasteiger partial charge in [0.2, 0.25) is 5.91 Å². The van der Waals surface area contributed by atoms with Crippen LogP contribution in [-0.4, -0.2) is 46.3 Å². The molecule has 0 aromatic heterocycles. The molecule has 0 radical (unpaired) electrons. The van der Waals surface area contributed by atoms with Gasteiger partial charge in [-0.2, -0.15) is 0 Å². The van der Waals surface area contributed by atoms with E-state index in [0.717, 1.165) is 23.1 Å². The molecule has 2 fully saturated rings. The molecule has 0 bridgehead atoms. The Balaban J connectivity index is 1.40. The number of hydrogen-bond donors (Lipinski definition) is 5. The Hall–Kier alpha value is -2.74. The van der Waals surface area contributed by atoms with Gasteiger partial charge in [0.25, 0.3) is 0 Å². The summed E-state index contributed by atoms with van der Waals surface area (Å²) in [5, 5.41) is 22.0. The smallest absolute Gasteiger partial charge is 0.332 e. The van der Waals surface area contributed by atoms with E-state index in [4.69, 9.17) is 5.11 Å². The van der Waals surface area contributed by atoms with Crippen molar-refractivity contribution in [3.05, 3.63) is 60.2 Å². The first-order valence-corrected chi connectivity index (χ1v) is 10.9. The van der Waals surface area contributed by atoms with Gasteiger partial charge in [-0.1, -0.05) is 54.6 Å². The van der Waals surface area contributed by atoms with Crippen molar-refractivity contribution in [3.63, 3.8) is 0 Å². The third kappa shape index (κ3) is 5.70. The van der Waals surface area contributed by atoms with Crippen LogP contribution in [0.25, 0.3) is 11.1 Å². The highest BCUT2D eigenvalue weighted by Crippen LogP contribution is 2.35. The van der Waals surface area contributed by atoms with E-state index in [0.29, 0.717) is 18.4 Å². The lowest BCUT2D eigenvalue weighted by Crippen LogP contribution is -2.49. The maximum atomic E-state index is 12.8. The molecule has 5 N–H and O–H groups in total. The summed E-state index contributed by atoms with van der Waals surface area (Å²) in [5.41, 5.74) is 9.43. The standard InChI is InChI=1S/C24H29N3O4/c28-22(24(30)31)13-19(25-23(29)21-14-20(26-27-21)18-10-11-18)12-15-6-8-17(9-7-15)16-4-2-1-3-5-16/h1-9,18-22,26-28H,10-14H2,(H,25,29)(H,30,31)/t19?,20?,21?,22-/m1/s1. The van der Waals surface area contributed by atoms with Crippen molar-refractivity contribution >= 4 is 11.9 Å². The molecule has 2 aliphatic rings. The number of nitrogens with one attached hydrogen (secondary N) is 3. The van der Waals surface area contributed by atoms with Crippen molar-refractivity contribution in [2.45, 2.75) is 56.3 Å². The van der Waals surface area contributed by atoms with Crippen LogP contribution in [0.3, 0.4) is 0 Å². The number of carbonyl (C=O) groups excluding carboxylic acids is 1. The number of aliphatic carboxylic acids is 1. The first-order valence-electron chi connectivity index (χ1n) is 10.9. The van der Waals surface area contributed by atoms with Crippen molar-refractivity contribution in [1.82, 2.24) is 16.2 Å². The maximum Gasteiger partial charge on any atom is 0.332 e. The summed E-state index contributed by atoms with van der Waals surface area (Å²) in [6.45, 7) is 0. The summed E-state index contributed by atoms with van der Waals surface area (Å²) >= 11 is 0. The van der Waals surface area contributed by atoms with Gasteiger partial charge in [-0.15, -0.1) is 0 Å². The average molecular weight is 424 g/mol. The van der Waals surface area contributed by atoms with E-state index < -0.39 is 18.1 Å². The number of aliphatic hydroxyl groups excluding tert-OH is 1. The number of amides is 1. The summed E-state index contributed by atoms with van der Waals surface area (Å²) in [6, 6.07) is 17.5. The van der Waals surface area contributed by atoms with E-state index in [9.17, 15) is 14.7 Å². The molecule has 3 unspecified atom stereocenters. The molecule has 1 saturated heterocycles. The van der Waals surface area contributed by atoms with E-state index in [1.54, 1.807) is 0 Å². The van der Waals surface area contributed by atoms with Gasteiger partial charge in [0, 0.05) is 18.5 Å². The minimum Gasteiger partial charge on any atom is -0.479 e. The van der Waals surface area contributed by atoms with Gasteiger partial charge in [0.1, 0.15) is 6.04 Å². The lowest BCUT2D eigenvalue weighted by molar-refractivity contribution is -0.147. The second kappa shape index (κ2) is 9.60. The zero-order chi connectivity index (χ0) is 21.8. The van der Waals surface area contributed by atoms with E-state index in [1.165, 1.54) is 12.8 Å². The highest BCUT2D eigenvalue weighted by atomic mass is 16.4. The summed E-state index contributed by atoms with van der Waals surface area (Å²) < 4.78 is 0. The van der Waals surface area contributed by atoms with Gasteiger partial charge < -0.3 is 15.5 Å². The Labute approximate surface area is 181 Å². The zero-order valence-electron chi connectivity index (χ0n) is 17.3. The largest absolute Gasteiger partial charge is 0.479 e. The number of carbonyl (C=O) groups is 2. The molecule has 1 saturated carbocycles. The monoisotopic (exact) mass is 423 g/mol. The molecule has 1 aliphatic heterocycles. The van der Waals surface area contributed by atoms with Crippen LogP contribution in [0.15, 0.2) is 54.6 Å². The Kier molecular flexibility index (Phi) is 6.65. The highest BCUT2D eigenvalue weighted by Gasteiger charge is 2.39. The molecule has 7 nitrogen and oxygen atoms in total. The van der Waals surface area contributed by atoms with Crippen LogP contribution in [0.5, 0.6) is 0 Å². The first-order chi connectivity index (χ1) is 15.0. The number of hydrogen-bond acceptors (Lipinski definition) is 5. The second-order valence-corrected chi connectivity index (χ2v) is 8.58. The van der Waals surface area contributed by atoms with Crippen LogP contribution >= 0.6 is 0 Å². The molecule has 1 amide bonds. The number of carboxylic acids is 1. The Morgan fingerprint density at radius 1 is 1.00 bits per heavy atom. The van der Waals surface area contributed by atoms with Gasteiger partial charge in [-0.05, 0) is 48.3 Å². The van der Waals surface area contributed by atoms with Crippen LogP contribution in [0.4, 0.5) is 0 Å². The Morgan fingerprint density at radius 2 is 1.68 bits per heavy atom. The Morgan fingerprint density at radius 3 is 2.32 bits per heavy atom. The van der Waals surface area contributed by atoms with Crippen molar-refractivity contribution in [2.75, 3.05) is 0 Å². The fourth-order valence-corrected chi connectivity index (χ4v) is 4.17. The Bertz CT molecular complexity index is 899. The number of carboxylic acid groups (broad SMARTS) is 1. The van der Waals surface area contributed by atoms with Gasteiger partial charge in [-0.25, -0.2) is 10.2 Å². The lowest BCUT2D eigenvalue weighted by Gasteiger charge is -2.22. The maximum absolute atomic E-state index is 12.8. The predicted octanol–water partition coefficient (Wildman–Crippen LogP) is 1.86. The summed E-state index contributed by atoms with van der Waals surface area (Å²) in [5.74, 6) is -0.815. The van der Waals surface area contributed by atoms with Crippen molar-refractivity contribution in [1.29, 1.82) is 0 Å². The summed E-state index contributed by atoms with van der Waals surface area (Å²) in [4.78, 5) is 24.0. The molecule has 1 aliphatic carbocycles. The number of rotatable bonds is 9.